The first kappa shape index (κ1) is 17.4. The van der Waals surface area contributed by atoms with Crippen LogP contribution in [0.3, 0.4) is 0 Å². The van der Waals surface area contributed by atoms with E-state index in [9.17, 15) is 13.2 Å². The van der Waals surface area contributed by atoms with E-state index in [0.717, 1.165) is 23.7 Å². The van der Waals surface area contributed by atoms with Crippen molar-refractivity contribution in [2.75, 3.05) is 12.3 Å². The molecule has 1 aromatic rings. The summed E-state index contributed by atoms with van der Waals surface area (Å²) in [7, 11) is -3.48. The van der Waals surface area contributed by atoms with Crippen LogP contribution < -0.4 is 11.1 Å². The first-order chi connectivity index (χ1) is 10.4. The number of amides is 1. The zero-order valence-corrected chi connectivity index (χ0v) is 14.7. The predicted octanol–water partition coefficient (Wildman–Crippen LogP) is 1.61. The quantitative estimate of drug-likeness (QED) is 0.774. The number of sulfone groups is 1. The highest BCUT2D eigenvalue weighted by Crippen LogP contribution is 2.24. The van der Waals surface area contributed by atoms with Gasteiger partial charge in [0.15, 0.2) is 9.84 Å². The SMILES string of the molecule is NCC1CCCC1NC(=O)CS(=O)(=O)Cc1cccc(Br)c1. The van der Waals surface area contributed by atoms with Crippen molar-refractivity contribution >= 4 is 31.7 Å². The summed E-state index contributed by atoms with van der Waals surface area (Å²) in [6.45, 7) is 0.524. The van der Waals surface area contributed by atoms with Gasteiger partial charge in [0.2, 0.25) is 5.91 Å². The molecule has 0 heterocycles. The van der Waals surface area contributed by atoms with E-state index < -0.39 is 21.5 Å². The number of rotatable bonds is 6. The van der Waals surface area contributed by atoms with Crippen molar-refractivity contribution in [3.05, 3.63) is 34.3 Å². The second kappa shape index (κ2) is 7.57. The van der Waals surface area contributed by atoms with Crippen LogP contribution in [0.1, 0.15) is 24.8 Å². The summed E-state index contributed by atoms with van der Waals surface area (Å²) < 4.78 is 25.1. The minimum atomic E-state index is -3.48. The van der Waals surface area contributed by atoms with Gasteiger partial charge in [0.05, 0.1) is 5.75 Å². The van der Waals surface area contributed by atoms with Gasteiger partial charge in [-0.3, -0.25) is 4.79 Å². The van der Waals surface area contributed by atoms with Crippen LogP contribution in [-0.2, 0) is 20.4 Å². The second-order valence-corrected chi connectivity index (χ2v) is 8.74. The molecule has 0 radical (unpaired) electrons. The van der Waals surface area contributed by atoms with E-state index in [0.29, 0.717) is 12.1 Å². The van der Waals surface area contributed by atoms with E-state index in [-0.39, 0.29) is 17.7 Å². The van der Waals surface area contributed by atoms with Gasteiger partial charge in [0, 0.05) is 10.5 Å². The van der Waals surface area contributed by atoms with Crippen LogP contribution in [0.5, 0.6) is 0 Å². The van der Waals surface area contributed by atoms with Crippen LogP contribution in [0, 0.1) is 5.92 Å². The van der Waals surface area contributed by atoms with Gasteiger partial charge in [0.25, 0.3) is 0 Å². The van der Waals surface area contributed by atoms with Crippen molar-refractivity contribution in [1.29, 1.82) is 0 Å². The molecule has 1 fully saturated rings. The van der Waals surface area contributed by atoms with Crippen LogP contribution in [0.25, 0.3) is 0 Å². The molecule has 3 N–H and O–H groups in total. The zero-order chi connectivity index (χ0) is 16.2. The normalized spacial score (nSPS) is 21.7. The van der Waals surface area contributed by atoms with Crippen molar-refractivity contribution in [3.63, 3.8) is 0 Å². The topological polar surface area (TPSA) is 89.3 Å². The molecule has 2 atom stereocenters. The molecular formula is C15H21BrN2O3S. The number of hydrogen-bond donors (Lipinski definition) is 2. The molecule has 7 heteroatoms. The van der Waals surface area contributed by atoms with Gasteiger partial charge in [-0.15, -0.1) is 0 Å². The lowest BCUT2D eigenvalue weighted by Gasteiger charge is -2.19. The largest absolute Gasteiger partial charge is 0.352 e. The summed E-state index contributed by atoms with van der Waals surface area (Å²) in [6, 6.07) is 7.10. The molecule has 1 aromatic carbocycles. The molecule has 0 bridgehead atoms. The van der Waals surface area contributed by atoms with Crippen molar-refractivity contribution in [3.8, 4) is 0 Å². The van der Waals surface area contributed by atoms with Crippen LogP contribution >= 0.6 is 15.9 Å². The monoisotopic (exact) mass is 388 g/mol. The van der Waals surface area contributed by atoms with Gasteiger partial charge in [-0.25, -0.2) is 8.42 Å². The molecule has 1 saturated carbocycles. The molecule has 0 saturated heterocycles. The Morgan fingerprint density at radius 2 is 2.14 bits per heavy atom. The fraction of sp³-hybridized carbons (Fsp3) is 0.533. The highest BCUT2D eigenvalue weighted by molar-refractivity contribution is 9.10. The maximum atomic E-state index is 12.1. The second-order valence-electron chi connectivity index (χ2n) is 5.76. The first-order valence-electron chi connectivity index (χ1n) is 7.34. The summed E-state index contributed by atoms with van der Waals surface area (Å²) in [4.78, 5) is 12.0. The fourth-order valence-electron chi connectivity index (χ4n) is 2.89. The number of hydrogen-bond acceptors (Lipinski definition) is 4. The third-order valence-corrected chi connectivity index (χ3v) is 5.90. The van der Waals surface area contributed by atoms with Crippen LogP contribution in [0.4, 0.5) is 0 Å². The van der Waals surface area contributed by atoms with E-state index in [2.05, 4.69) is 21.2 Å². The number of nitrogens with one attached hydrogen (secondary N) is 1. The Morgan fingerprint density at radius 3 is 2.82 bits per heavy atom. The van der Waals surface area contributed by atoms with Gasteiger partial charge in [-0.2, -0.15) is 0 Å². The summed E-state index contributed by atoms with van der Waals surface area (Å²) in [5.41, 5.74) is 6.34. The Balaban J connectivity index is 1.92. The van der Waals surface area contributed by atoms with E-state index in [1.807, 2.05) is 6.07 Å². The van der Waals surface area contributed by atoms with Gasteiger partial charge in [-0.1, -0.05) is 34.5 Å². The Bertz CT molecular complexity index is 633. The van der Waals surface area contributed by atoms with Crippen LogP contribution in [-0.4, -0.2) is 32.7 Å². The average Bonchev–Trinajstić information content (AvgIpc) is 2.84. The van der Waals surface area contributed by atoms with Crippen molar-refractivity contribution in [2.45, 2.75) is 31.1 Å². The van der Waals surface area contributed by atoms with Gasteiger partial charge < -0.3 is 11.1 Å². The molecule has 2 unspecified atom stereocenters. The standard InChI is InChI=1S/C15H21BrN2O3S/c16-13-5-1-3-11(7-13)9-22(20,21)10-15(19)18-14-6-2-4-12(14)8-17/h1,3,5,7,12,14H,2,4,6,8-10,17H2,(H,18,19). The summed E-state index contributed by atoms with van der Waals surface area (Å²) in [5, 5.41) is 2.83. The molecule has 5 nitrogen and oxygen atoms in total. The number of nitrogens with two attached hydrogens (primary N) is 1. The smallest absolute Gasteiger partial charge is 0.235 e. The number of carbonyl (C=O) groups is 1. The van der Waals surface area contributed by atoms with E-state index >= 15 is 0 Å². The highest BCUT2D eigenvalue weighted by atomic mass is 79.9. The Kier molecular flexibility index (Phi) is 6.00. The van der Waals surface area contributed by atoms with E-state index in [1.54, 1.807) is 18.2 Å². The molecule has 0 spiro atoms. The lowest BCUT2D eigenvalue weighted by atomic mass is 10.0. The Hall–Kier alpha value is -0.920. The van der Waals surface area contributed by atoms with Crippen molar-refractivity contribution in [1.82, 2.24) is 5.32 Å². The molecule has 1 aliphatic rings. The lowest BCUT2D eigenvalue weighted by molar-refractivity contribution is -0.119. The van der Waals surface area contributed by atoms with Gasteiger partial charge in [-0.05, 0) is 43.0 Å². The molecule has 0 aromatic heterocycles. The third kappa shape index (κ3) is 5.07. The molecule has 22 heavy (non-hydrogen) atoms. The third-order valence-electron chi connectivity index (χ3n) is 3.93. The fourth-order valence-corrected chi connectivity index (χ4v) is 4.61. The van der Waals surface area contributed by atoms with Crippen LogP contribution in [0.2, 0.25) is 0 Å². The minimum Gasteiger partial charge on any atom is -0.352 e. The van der Waals surface area contributed by atoms with E-state index in [1.165, 1.54) is 0 Å². The maximum Gasteiger partial charge on any atom is 0.235 e. The zero-order valence-electron chi connectivity index (χ0n) is 12.3. The molecule has 122 valence electrons. The van der Waals surface area contributed by atoms with Gasteiger partial charge in [0.1, 0.15) is 5.75 Å². The highest BCUT2D eigenvalue weighted by Gasteiger charge is 2.28. The average molecular weight is 389 g/mol. The number of benzene rings is 1. The molecule has 1 aliphatic carbocycles. The first-order valence-corrected chi connectivity index (χ1v) is 9.95. The summed E-state index contributed by atoms with van der Waals surface area (Å²) >= 11 is 3.31. The maximum absolute atomic E-state index is 12.1. The van der Waals surface area contributed by atoms with Crippen molar-refractivity contribution < 1.29 is 13.2 Å². The minimum absolute atomic E-state index is 0.0126. The molecule has 1 amide bonds. The number of carbonyl (C=O) groups excluding carboxylic acids is 1. The van der Waals surface area contributed by atoms with Gasteiger partial charge >= 0.3 is 0 Å². The Labute approximate surface area is 139 Å². The lowest BCUT2D eigenvalue weighted by Crippen LogP contribution is -2.42. The van der Waals surface area contributed by atoms with Crippen LogP contribution in [0.15, 0.2) is 28.7 Å². The molecule has 2 rings (SSSR count). The molecule has 0 aliphatic heterocycles. The van der Waals surface area contributed by atoms with E-state index in [4.69, 9.17) is 5.73 Å². The summed E-state index contributed by atoms with van der Waals surface area (Å²) in [6.07, 6.45) is 2.89. The number of halogens is 1. The molecular weight excluding hydrogens is 368 g/mol. The summed E-state index contributed by atoms with van der Waals surface area (Å²) in [5.74, 6) is -0.782. The van der Waals surface area contributed by atoms with Crippen molar-refractivity contribution in [2.24, 2.45) is 11.7 Å². The Morgan fingerprint density at radius 1 is 1.36 bits per heavy atom. The predicted molar refractivity (Wildman–Crippen MR) is 90.0 cm³/mol.